The zero-order chi connectivity index (χ0) is 22.5. The topological polar surface area (TPSA) is 56.1 Å². The molecule has 160 valence electrons. The van der Waals surface area contributed by atoms with E-state index in [1.54, 1.807) is 0 Å². The number of benzene rings is 3. The molecule has 3 aromatic carbocycles. The number of likely N-dealkylation sites (N-methyl/N-ethyl adjacent to an activating group) is 2. The Labute approximate surface area is 189 Å². The summed E-state index contributed by atoms with van der Waals surface area (Å²) < 4.78 is 0. The Morgan fingerprint density at radius 1 is 0.781 bits per heavy atom. The molecule has 0 atom stereocenters. The van der Waals surface area contributed by atoms with Gasteiger partial charge in [-0.1, -0.05) is 102 Å². The van der Waals surface area contributed by atoms with Crippen molar-refractivity contribution in [1.29, 1.82) is 0 Å². The van der Waals surface area contributed by atoms with Crippen molar-refractivity contribution in [3.05, 3.63) is 108 Å². The zero-order valence-electron chi connectivity index (χ0n) is 18.3. The van der Waals surface area contributed by atoms with Crippen LogP contribution < -0.4 is 10.9 Å². The van der Waals surface area contributed by atoms with E-state index in [1.807, 2.05) is 90.6 Å². The van der Waals surface area contributed by atoms with E-state index in [4.69, 9.17) is 4.99 Å². The Kier molecular flexibility index (Phi) is 6.40. The molecule has 3 aromatic rings. The van der Waals surface area contributed by atoms with E-state index in [2.05, 4.69) is 24.3 Å². The van der Waals surface area contributed by atoms with E-state index in [9.17, 15) is 9.90 Å². The first-order valence-electron chi connectivity index (χ1n) is 10.7. The number of rotatable bonds is 6. The molecule has 1 aliphatic heterocycles. The van der Waals surface area contributed by atoms with Gasteiger partial charge in [0.25, 0.3) is 6.71 Å². The van der Waals surface area contributed by atoms with Gasteiger partial charge in [0, 0.05) is 32.8 Å². The minimum absolute atomic E-state index is 0.0585. The largest absolute Gasteiger partial charge is 0.476 e. The van der Waals surface area contributed by atoms with E-state index in [-0.39, 0.29) is 12.4 Å². The van der Waals surface area contributed by atoms with Gasteiger partial charge in [-0.2, -0.15) is 0 Å². The highest BCUT2D eigenvalue weighted by molar-refractivity contribution is 7.10. The molecule has 0 unspecified atom stereocenters. The molecule has 5 nitrogen and oxygen atoms in total. The lowest BCUT2D eigenvalue weighted by Gasteiger charge is -2.22. The van der Waals surface area contributed by atoms with Gasteiger partial charge in [-0.25, -0.2) is 4.79 Å². The smallest absolute Gasteiger partial charge is 0.358 e. The quantitative estimate of drug-likeness (QED) is 0.376. The third kappa shape index (κ3) is 4.44. The lowest BCUT2D eigenvalue weighted by Crippen LogP contribution is -2.50. The maximum absolute atomic E-state index is 12.4. The summed E-state index contributed by atoms with van der Waals surface area (Å²) in [6.07, 6.45) is 0. The van der Waals surface area contributed by atoms with Gasteiger partial charge in [0.1, 0.15) is 5.82 Å². The summed E-state index contributed by atoms with van der Waals surface area (Å²) in [6.45, 7) is 1.31. The Hall–Kier alpha value is -3.80. The van der Waals surface area contributed by atoms with Crippen LogP contribution in [0.15, 0.2) is 108 Å². The molecule has 1 aliphatic rings. The van der Waals surface area contributed by atoms with Crippen LogP contribution in [0.25, 0.3) is 0 Å². The fourth-order valence-corrected chi connectivity index (χ4v) is 4.18. The molecule has 0 amide bonds. The van der Waals surface area contributed by atoms with Crippen LogP contribution >= 0.6 is 0 Å². The van der Waals surface area contributed by atoms with E-state index in [1.165, 1.54) is 0 Å². The Balaban J connectivity index is 2.00. The molecule has 32 heavy (non-hydrogen) atoms. The second kappa shape index (κ2) is 9.56. The second-order valence-electron chi connectivity index (χ2n) is 7.94. The van der Waals surface area contributed by atoms with E-state index >= 15 is 0 Å². The van der Waals surface area contributed by atoms with Gasteiger partial charge in [-0.05, 0) is 5.56 Å². The number of carboxylic acids is 1. The lowest BCUT2D eigenvalue weighted by molar-refractivity contribution is -0.132. The van der Waals surface area contributed by atoms with Gasteiger partial charge in [0.05, 0.1) is 0 Å². The lowest BCUT2D eigenvalue weighted by atomic mass is 9.36. The van der Waals surface area contributed by atoms with Gasteiger partial charge < -0.3 is 14.9 Å². The summed E-state index contributed by atoms with van der Waals surface area (Å²) in [4.78, 5) is 21.2. The summed E-state index contributed by atoms with van der Waals surface area (Å²) in [5.41, 5.74) is 3.78. The predicted octanol–water partition coefficient (Wildman–Crippen LogP) is 2.45. The summed E-state index contributed by atoms with van der Waals surface area (Å²) in [6, 6.07) is 30.1. The molecule has 1 heterocycles. The molecule has 6 heteroatoms. The summed E-state index contributed by atoms with van der Waals surface area (Å²) in [7, 11) is 3.82. The third-order valence-corrected chi connectivity index (χ3v) is 5.75. The first-order chi connectivity index (χ1) is 15.6. The van der Waals surface area contributed by atoms with E-state index in [0.717, 1.165) is 29.6 Å². The minimum atomic E-state index is -1.03. The number of carbonyl (C=O) groups is 1. The highest BCUT2D eigenvalue weighted by Crippen LogP contribution is 2.21. The number of hydrogen-bond acceptors (Lipinski definition) is 4. The van der Waals surface area contributed by atoms with Crippen molar-refractivity contribution in [3.63, 3.8) is 0 Å². The molecule has 0 aliphatic carbocycles. The highest BCUT2D eigenvalue weighted by atomic mass is 16.4. The SMILES string of the molecule is CN1CCN(C)C1=C(N=C(B(c1ccccc1)c1ccccc1)c1ccccc1)C(=O)O. The maximum atomic E-state index is 12.4. The van der Waals surface area contributed by atoms with Crippen molar-refractivity contribution in [2.45, 2.75) is 0 Å². The normalized spacial score (nSPS) is 13.9. The third-order valence-electron chi connectivity index (χ3n) is 5.75. The van der Waals surface area contributed by atoms with Crippen LogP contribution in [0.1, 0.15) is 5.56 Å². The van der Waals surface area contributed by atoms with Crippen LogP contribution in [0.2, 0.25) is 0 Å². The Bertz CT molecular complexity index is 1080. The van der Waals surface area contributed by atoms with Crippen LogP contribution in [0.4, 0.5) is 0 Å². The van der Waals surface area contributed by atoms with Crippen molar-refractivity contribution in [2.24, 2.45) is 4.99 Å². The van der Waals surface area contributed by atoms with Gasteiger partial charge in [0.2, 0.25) is 0 Å². The summed E-state index contributed by atoms with van der Waals surface area (Å²) in [5, 5.41) is 10.2. The van der Waals surface area contributed by atoms with Gasteiger partial charge in [-0.3, -0.25) is 4.99 Å². The average molecular weight is 423 g/mol. The van der Waals surface area contributed by atoms with Crippen molar-refractivity contribution >= 4 is 29.2 Å². The van der Waals surface area contributed by atoms with Crippen LogP contribution in [-0.4, -0.2) is 60.4 Å². The van der Waals surface area contributed by atoms with Crippen LogP contribution in [0.3, 0.4) is 0 Å². The fourth-order valence-electron chi connectivity index (χ4n) is 4.18. The molecule has 1 fully saturated rings. The molecule has 4 rings (SSSR count). The number of aliphatic carboxylic acids is 1. The molecule has 0 aromatic heterocycles. The molecule has 0 radical (unpaired) electrons. The Morgan fingerprint density at radius 3 is 1.66 bits per heavy atom. The molecule has 1 N–H and O–H groups in total. The molecular weight excluding hydrogens is 397 g/mol. The summed E-state index contributed by atoms with van der Waals surface area (Å²) >= 11 is 0. The first-order valence-corrected chi connectivity index (χ1v) is 10.7. The van der Waals surface area contributed by atoms with E-state index in [0.29, 0.717) is 11.4 Å². The number of aliphatic imine (C=N–C) groups is 1. The van der Waals surface area contributed by atoms with Gasteiger partial charge >= 0.3 is 5.97 Å². The average Bonchev–Trinajstić information content (AvgIpc) is 3.16. The maximum Gasteiger partial charge on any atom is 0.358 e. The van der Waals surface area contributed by atoms with Crippen molar-refractivity contribution < 1.29 is 9.90 Å². The minimum Gasteiger partial charge on any atom is -0.476 e. The predicted molar refractivity (Wildman–Crippen MR) is 131 cm³/mol. The second-order valence-corrected chi connectivity index (χ2v) is 7.94. The first kappa shape index (κ1) is 21.4. The number of carboxylic acid groups (broad SMARTS) is 1. The Morgan fingerprint density at radius 2 is 1.22 bits per heavy atom. The highest BCUT2D eigenvalue weighted by Gasteiger charge is 2.31. The van der Waals surface area contributed by atoms with Crippen molar-refractivity contribution in [1.82, 2.24) is 9.80 Å². The van der Waals surface area contributed by atoms with E-state index < -0.39 is 5.97 Å². The van der Waals surface area contributed by atoms with Crippen LogP contribution in [0, 0.1) is 0 Å². The van der Waals surface area contributed by atoms with Crippen molar-refractivity contribution in [2.75, 3.05) is 27.2 Å². The zero-order valence-corrected chi connectivity index (χ0v) is 18.3. The molecule has 0 spiro atoms. The number of nitrogens with zero attached hydrogens (tertiary/aromatic N) is 3. The summed E-state index contributed by atoms with van der Waals surface area (Å²) in [5.74, 6) is -0.403. The van der Waals surface area contributed by atoms with Crippen molar-refractivity contribution in [3.8, 4) is 0 Å². The number of hydrogen-bond donors (Lipinski definition) is 1. The van der Waals surface area contributed by atoms with Crippen LogP contribution in [-0.2, 0) is 4.79 Å². The molecule has 0 bridgehead atoms. The fraction of sp³-hybridized carbons (Fsp3) is 0.154. The standard InChI is InChI=1S/C26H26BN3O2/c1-29-18-19-30(2)25(29)23(26(31)32)28-24(20-12-6-3-7-13-20)27(21-14-8-4-9-15-21)22-16-10-5-11-17-22/h3-17H,18-19H2,1-2H3,(H,31,32). The molecule has 1 saturated heterocycles. The monoisotopic (exact) mass is 423 g/mol. The molecular formula is C26H26BN3O2. The molecule has 0 saturated carbocycles. The van der Waals surface area contributed by atoms with Gasteiger partial charge in [-0.15, -0.1) is 0 Å². The van der Waals surface area contributed by atoms with Crippen LogP contribution in [0.5, 0.6) is 0 Å². The van der Waals surface area contributed by atoms with Gasteiger partial charge in [0.15, 0.2) is 5.70 Å².